The standard InChI is InChI=1S/C22H24N2O2/c1-17-13-14-21(26-17)18(2)23-15-22(25)24(20-11-7-4-8-12-20)16-19-9-5-3-6-10-19/h3-14,18,23H,15-16H2,1-2H3. The average Bonchev–Trinajstić information content (AvgIpc) is 3.12. The van der Waals surface area contributed by atoms with Gasteiger partial charge >= 0.3 is 0 Å². The highest BCUT2D eigenvalue weighted by Gasteiger charge is 2.18. The fraction of sp³-hybridized carbons (Fsp3) is 0.227. The zero-order chi connectivity index (χ0) is 18.4. The molecule has 0 fully saturated rings. The van der Waals surface area contributed by atoms with E-state index in [0.717, 1.165) is 22.8 Å². The highest BCUT2D eigenvalue weighted by molar-refractivity contribution is 5.94. The Kier molecular flexibility index (Phi) is 5.87. The van der Waals surface area contributed by atoms with E-state index in [1.807, 2.05) is 91.5 Å². The van der Waals surface area contributed by atoms with E-state index in [4.69, 9.17) is 4.42 Å². The third-order valence-electron chi connectivity index (χ3n) is 4.30. The molecule has 26 heavy (non-hydrogen) atoms. The van der Waals surface area contributed by atoms with Gasteiger partial charge in [-0.05, 0) is 43.7 Å². The predicted molar refractivity (Wildman–Crippen MR) is 104 cm³/mol. The summed E-state index contributed by atoms with van der Waals surface area (Å²) in [5, 5.41) is 3.26. The maximum absolute atomic E-state index is 12.9. The SMILES string of the molecule is Cc1ccc(C(C)NCC(=O)N(Cc2ccccc2)c2ccccc2)o1. The van der Waals surface area contributed by atoms with Gasteiger partial charge in [0, 0.05) is 5.69 Å². The van der Waals surface area contributed by atoms with Crippen molar-refractivity contribution in [2.24, 2.45) is 0 Å². The minimum Gasteiger partial charge on any atom is -0.465 e. The Labute approximate surface area is 154 Å². The lowest BCUT2D eigenvalue weighted by atomic mass is 10.2. The first-order valence-electron chi connectivity index (χ1n) is 8.82. The Hall–Kier alpha value is -2.85. The molecule has 4 nitrogen and oxygen atoms in total. The fourth-order valence-corrected chi connectivity index (χ4v) is 2.82. The Morgan fingerprint density at radius 2 is 1.65 bits per heavy atom. The lowest BCUT2D eigenvalue weighted by Crippen LogP contribution is -2.38. The molecule has 0 saturated heterocycles. The third kappa shape index (κ3) is 4.61. The van der Waals surface area contributed by atoms with Crippen LogP contribution in [0.1, 0.15) is 30.0 Å². The number of aryl methyl sites for hydroxylation is 1. The first kappa shape index (κ1) is 18.0. The molecule has 1 unspecified atom stereocenters. The highest BCUT2D eigenvalue weighted by Crippen LogP contribution is 2.18. The molecule has 1 amide bonds. The molecule has 0 bridgehead atoms. The van der Waals surface area contributed by atoms with Crippen molar-refractivity contribution in [2.45, 2.75) is 26.4 Å². The van der Waals surface area contributed by atoms with E-state index in [2.05, 4.69) is 5.32 Å². The molecule has 1 aromatic heterocycles. The normalized spacial score (nSPS) is 11.9. The van der Waals surface area contributed by atoms with Crippen LogP contribution in [-0.2, 0) is 11.3 Å². The smallest absolute Gasteiger partial charge is 0.241 e. The summed E-state index contributed by atoms with van der Waals surface area (Å²) < 4.78 is 5.63. The van der Waals surface area contributed by atoms with Gasteiger partial charge in [-0.15, -0.1) is 0 Å². The van der Waals surface area contributed by atoms with Gasteiger partial charge in [-0.1, -0.05) is 48.5 Å². The van der Waals surface area contributed by atoms with E-state index in [-0.39, 0.29) is 18.5 Å². The van der Waals surface area contributed by atoms with Crippen LogP contribution in [0.2, 0.25) is 0 Å². The zero-order valence-corrected chi connectivity index (χ0v) is 15.2. The van der Waals surface area contributed by atoms with Gasteiger partial charge in [-0.25, -0.2) is 0 Å². The summed E-state index contributed by atoms with van der Waals surface area (Å²) in [7, 11) is 0. The Morgan fingerprint density at radius 3 is 2.27 bits per heavy atom. The number of carbonyl (C=O) groups excluding carboxylic acids is 1. The van der Waals surface area contributed by atoms with Gasteiger partial charge in [0.2, 0.25) is 5.91 Å². The molecule has 0 aliphatic carbocycles. The number of rotatable bonds is 7. The molecule has 0 radical (unpaired) electrons. The van der Waals surface area contributed by atoms with Crippen LogP contribution in [0, 0.1) is 6.92 Å². The first-order chi connectivity index (χ1) is 12.6. The molecular formula is C22H24N2O2. The topological polar surface area (TPSA) is 45.5 Å². The Morgan fingerprint density at radius 1 is 1.00 bits per heavy atom. The van der Waals surface area contributed by atoms with E-state index < -0.39 is 0 Å². The predicted octanol–water partition coefficient (Wildman–Crippen LogP) is 4.47. The number of nitrogens with zero attached hydrogens (tertiary/aromatic N) is 1. The van der Waals surface area contributed by atoms with Crippen molar-refractivity contribution in [3.8, 4) is 0 Å². The van der Waals surface area contributed by atoms with E-state index in [1.165, 1.54) is 0 Å². The number of anilines is 1. The number of nitrogens with one attached hydrogen (secondary N) is 1. The molecule has 0 aliphatic heterocycles. The third-order valence-corrected chi connectivity index (χ3v) is 4.30. The molecule has 0 spiro atoms. The van der Waals surface area contributed by atoms with Crippen LogP contribution in [0.15, 0.2) is 77.2 Å². The van der Waals surface area contributed by atoms with Gasteiger partial charge in [-0.3, -0.25) is 10.1 Å². The number of amides is 1. The van der Waals surface area contributed by atoms with Gasteiger partial charge in [-0.2, -0.15) is 0 Å². The maximum Gasteiger partial charge on any atom is 0.241 e. The van der Waals surface area contributed by atoms with Gasteiger partial charge in [0.15, 0.2) is 0 Å². The summed E-state index contributed by atoms with van der Waals surface area (Å²) in [6.07, 6.45) is 0. The van der Waals surface area contributed by atoms with Crippen molar-refractivity contribution in [1.29, 1.82) is 0 Å². The van der Waals surface area contributed by atoms with Crippen molar-refractivity contribution in [3.05, 3.63) is 89.9 Å². The molecule has 1 atom stereocenters. The largest absolute Gasteiger partial charge is 0.465 e. The molecule has 134 valence electrons. The van der Waals surface area contributed by atoms with Crippen LogP contribution in [-0.4, -0.2) is 12.5 Å². The second-order valence-corrected chi connectivity index (χ2v) is 6.35. The minimum absolute atomic E-state index is 0.0233. The quantitative estimate of drug-likeness (QED) is 0.685. The molecule has 0 saturated carbocycles. The molecule has 4 heteroatoms. The first-order valence-corrected chi connectivity index (χ1v) is 8.82. The molecule has 1 heterocycles. The van der Waals surface area contributed by atoms with Gasteiger partial charge in [0.05, 0.1) is 19.1 Å². The van der Waals surface area contributed by atoms with E-state index in [9.17, 15) is 4.79 Å². The van der Waals surface area contributed by atoms with E-state index in [1.54, 1.807) is 0 Å². The molecule has 1 N–H and O–H groups in total. The van der Waals surface area contributed by atoms with Gasteiger partial charge < -0.3 is 9.32 Å². The maximum atomic E-state index is 12.9. The number of carbonyl (C=O) groups is 1. The van der Waals surface area contributed by atoms with Crippen molar-refractivity contribution in [3.63, 3.8) is 0 Å². The lowest BCUT2D eigenvalue weighted by molar-refractivity contribution is -0.118. The van der Waals surface area contributed by atoms with Crippen LogP contribution in [0.25, 0.3) is 0 Å². The van der Waals surface area contributed by atoms with Crippen molar-refractivity contribution in [1.82, 2.24) is 5.32 Å². The average molecular weight is 348 g/mol. The second kappa shape index (κ2) is 8.50. The van der Waals surface area contributed by atoms with Crippen molar-refractivity contribution < 1.29 is 9.21 Å². The number of hydrogen-bond donors (Lipinski definition) is 1. The molecule has 2 aromatic carbocycles. The number of hydrogen-bond acceptors (Lipinski definition) is 3. The highest BCUT2D eigenvalue weighted by atomic mass is 16.3. The van der Waals surface area contributed by atoms with Crippen LogP contribution < -0.4 is 10.2 Å². The van der Waals surface area contributed by atoms with Gasteiger partial charge in [0.1, 0.15) is 11.5 Å². The zero-order valence-electron chi connectivity index (χ0n) is 15.2. The molecule has 3 aromatic rings. The summed E-state index contributed by atoms with van der Waals surface area (Å²) in [6, 6.07) is 23.6. The van der Waals surface area contributed by atoms with Gasteiger partial charge in [0.25, 0.3) is 0 Å². The Balaban J connectivity index is 1.70. The monoisotopic (exact) mass is 348 g/mol. The number of furan rings is 1. The summed E-state index contributed by atoms with van der Waals surface area (Å²) in [6.45, 7) is 4.69. The fourth-order valence-electron chi connectivity index (χ4n) is 2.82. The summed E-state index contributed by atoms with van der Waals surface area (Å²) in [4.78, 5) is 14.7. The van der Waals surface area contributed by atoms with Crippen LogP contribution >= 0.6 is 0 Å². The van der Waals surface area contributed by atoms with E-state index in [0.29, 0.717) is 6.54 Å². The summed E-state index contributed by atoms with van der Waals surface area (Å²) in [5.41, 5.74) is 1.99. The molecular weight excluding hydrogens is 324 g/mol. The number of para-hydroxylation sites is 1. The van der Waals surface area contributed by atoms with Crippen molar-refractivity contribution >= 4 is 11.6 Å². The van der Waals surface area contributed by atoms with Crippen LogP contribution in [0.3, 0.4) is 0 Å². The summed E-state index contributed by atoms with van der Waals surface area (Å²) in [5.74, 6) is 1.73. The minimum atomic E-state index is -0.0259. The Bertz CT molecular complexity index is 828. The van der Waals surface area contributed by atoms with Crippen LogP contribution in [0.5, 0.6) is 0 Å². The van der Waals surface area contributed by atoms with Crippen molar-refractivity contribution in [2.75, 3.05) is 11.4 Å². The van der Waals surface area contributed by atoms with Crippen LogP contribution in [0.4, 0.5) is 5.69 Å². The summed E-state index contributed by atoms with van der Waals surface area (Å²) >= 11 is 0. The van der Waals surface area contributed by atoms with E-state index >= 15 is 0 Å². The number of benzene rings is 2. The molecule has 0 aliphatic rings. The second-order valence-electron chi connectivity index (χ2n) is 6.35. The molecule has 3 rings (SSSR count). The lowest BCUT2D eigenvalue weighted by Gasteiger charge is -2.24.